The molecule has 2 aromatic rings. The van der Waals surface area contributed by atoms with Crippen molar-refractivity contribution < 1.29 is 4.92 Å². The maximum absolute atomic E-state index is 10.6. The molecule has 0 atom stereocenters. The molecule has 0 aliphatic heterocycles. The van der Waals surface area contributed by atoms with Gasteiger partial charge >= 0.3 is 0 Å². The molecular weight excluding hydrogens is 252 g/mol. The second-order valence-electron chi connectivity index (χ2n) is 3.59. The SMILES string of the molecule is O=[N+]([O-])c1cccc(/C=N\c2ccc(Cl)cc2)c1. The van der Waals surface area contributed by atoms with Gasteiger partial charge < -0.3 is 0 Å². The van der Waals surface area contributed by atoms with Crippen LogP contribution in [0.2, 0.25) is 5.02 Å². The zero-order valence-electron chi connectivity index (χ0n) is 9.29. The summed E-state index contributed by atoms with van der Waals surface area (Å²) in [5.74, 6) is 0. The van der Waals surface area contributed by atoms with Crippen LogP contribution in [-0.4, -0.2) is 11.1 Å². The molecule has 0 fully saturated rings. The van der Waals surface area contributed by atoms with Crippen molar-refractivity contribution >= 4 is 29.2 Å². The zero-order chi connectivity index (χ0) is 13.0. The van der Waals surface area contributed by atoms with Crippen molar-refractivity contribution in [3.63, 3.8) is 0 Å². The Bertz CT molecular complexity index is 594. The summed E-state index contributed by atoms with van der Waals surface area (Å²) in [7, 11) is 0. The first-order valence-electron chi connectivity index (χ1n) is 5.19. The van der Waals surface area contributed by atoms with Gasteiger partial charge in [-0.15, -0.1) is 0 Å². The maximum Gasteiger partial charge on any atom is 0.270 e. The highest BCUT2D eigenvalue weighted by molar-refractivity contribution is 6.30. The molecule has 0 radical (unpaired) electrons. The average molecular weight is 261 g/mol. The van der Waals surface area contributed by atoms with Crippen LogP contribution in [0, 0.1) is 10.1 Å². The van der Waals surface area contributed by atoms with E-state index in [9.17, 15) is 10.1 Å². The Morgan fingerprint density at radius 1 is 1.17 bits per heavy atom. The van der Waals surface area contributed by atoms with Crippen LogP contribution in [0.4, 0.5) is 11.4 Å². The van der Waals surface area contributed by atoms with E-state index in [-0.39, 0.29) is 5.69 Å². The number of rotatable bonds is 3. The summed E-state index contributed by atoms with van der Waals surface area (Å²) >= 11 is 5.76. The van der Waals surface area contributed by atoms with Crippen molar-refractivity contribution in [2.75, 3.05) is 0 Å². The molecule has 0 N–H and O–H groups in total. The highest BCUT2D eigenvalue weighted by Crippen LogP contribution is 2.17. The van der Waals surface area contributed by atoms with Gasteiger partial charge in [0.25, 0.3) is 5.69 Å². The minimum atomic E-state index is -0.431. The maximum atomic E-state index is 10.6. The number of aliphatic imine (C=N–C) groups is 1. The fraction of sp³-hybridized carbons (Fsp3) is 0. The molecule has 0 heterocycles. The Morgan fingerprint density at radius 3 is 2.56 bits per heavy atom. The minimum absolute atomic E-state index is 0.0510. The fourth-order valence-corrected chi connectivity index (χ4v) is 1.52. The predicted molar refractivity (Wildman–Crippen MR) is 71.8 cm³/mol. The van der Waals surface area contributed by atoms with Gasteiger partial charge in [0.05, 0.1) is 10.6 Å². The lowest BCUT2D eigenvalue weighted by molar-refractivity contribution is -0.384. The van der Waals surface area contributed by atoms with Gasteiger partial charge in [-0.05, 0) is 29.8 Å². The van der Waals surface area contributed by atoms with E-state index in [1.54, 1.807) is 42.6 Å². The van der Waals surface area contributed by atoms with Crippen molar-refractivity contribution in [2.24, 2.45) is 4.99 Å². The molecular formula is C13H9ClN2O2. The van der Waals surface area contributed by atoms with E-state index >= 15 is 0 Å². The number of nitrogens with zero attached hydrogens (tertiary/aromatic N) is 2. The van der Waals surface area contributed by atoms with Crippen LogP contribution in [0.15, 0.2) is 53.5 Å². The number of halogens is 1. The lowest BCUT2D eigenvalue weighted by atomic mass is 10.2. The van der Waals surface area contributed by atoms with Crippen molar-refractivity contribution in [3.05, 3.63) is 69.2 Å². The first kappa shape index (κ1) is 12.3. The number of nitro benzene ring substituents is 1. The van der Waals surface area contributed by atoms with E-state index in [2.05, 4.69) is 4.99 Å². The van der Waals surface area contributed by atoms with Gasteiger partial charge in [0, 0.05) is 23.4 Å². The lowest BCUT2D eigenvalue weighted by Crippen LogP contribution is -1.89. The van der Waals surface area contributed by atoms with Crippen LogP contribution in [0.1, 0.15) is 5.56 Å². The Balaban J connectivity index is 2.20. The number of non-ortho nitro benzene ring substituents is 1. The van der Waals surface area contributed by atoms with Crippen molar-refractivity contribution in [2.45, 2.75) is 0 Å². The van der Waals surface area contributed by atoms with Gasteiger partial charge in [-0.25, -0.2) is 0 Å². The summed E-state index contributed by atoms with van der Waals surface area (Å²) in [5, 5.41) is 11.3. The molecule has 2 rings (SSSR count). The van der Waals surface area contributed by atoms with Gasteiger partial charge in [-0.3, -0.25) is 15.1 Å². The Hall–Kier alpha value is -2.20. The highest BCUT2D eigenvalue weighted by atomic mass is 35.5. The molecule has 0 saturated carbocycles. The third-order valence-corrected chi connectivity index (χ3v) is 2.52. The van der Waals surface area contributed by atoms with Crippen molar-refractivity contribution in [1.29, 1.82) is 0 Å². The molecule has 0 saturated heterocycles. The smallest absolute Gasteiger partial charge is 0.258 e. The van der Waals surface area contributed by atoms with Crippen LogP contribution < -0.4 is 0 Å². The van der Waals surface area contributed by atoms with Crippen molar-refractivity contribution in [1.82, 2.24) is 0 Å². The second kappa shape index (κ2) is 5.42. The number of nitro groups is 1. The zero-order valence-corrected chi connectivity index (χ0v) is 10.0. The van der Waals surface area contributed by atoms with Crippen LogP contribution in [0.3, 0.4) is 0 Å². The summed E-state index contributed by atoms with van der Waals surface area (Å²) in [6, 6.07) is 13.3. The Kier molecular flexibility index (Phi) is 3.69. The first-order valence-corrected chi connectivity index (χ1v) is 5.57. The van der Waals surface area contributed by atoms with E-state index in [1.807, 2.05) is 0 Å². The highest BCUT2D eigenvalue weighted by Gasteiger charge is 2.03. The van der Waals surface area contributed by atoms with Crippen molar-refractivity contribution in [3.8, 4) is 0 Å². The van der Waals surface area contributed by atoms with Gasteiger partial charge in [0.1, 0.15) is 0 Å². The molecule has 90 valence electrons. The van der Waals surface area contributed by atoms with Crippen LogP contribution in [0.25, 0.3) is 0 Å². The number of hydrogen-bond acceptors (Lipinski definition) is 3. The van der Waals surface area contributed by atoms with E-state index in [4.69, 9.17) is 11.6 Å². The summed E-state index contributed by atoms with van der Waals surface area (Å²) in [4.78, 5) is 14.4. The average Bonchev–Trinajstić information content (AvgIpc) is 2.38. The van der Waals surface area contributed by atoms with E-state index in [0.717, 1.165) is 5.69 Å². The van der Waals surface area contributed by atoms with Gasteiger partial charge in [-0.2, -0.15) is 0 Å². The van der Waals surface area contributed by atoms with Gasteiger partial charge in [0.15, 0.2) is 0 Å². The normalized spacial score (nSPS) is 10.7. The lowest BCUT2D eigenvalue weighted by Gasteiger charge is -1.95. The standard InChI is InChI=1S/C13H9ClN2O2/c14-11-4-6-12(7-5-11)15-9-10-2-1-3-13(8-10)16(17)18/h1-9H/b15-9-. The number of hydrogen-bond donors (Lipinski definition) is 0. The Morgan fingerprint density at radius 2 is 1.89 bits per heavy atom. The third-order valence-electron chi connectivity index (χ3n) is 2.27. The molecule has 18 heavy (non-hydrogen) atoms. The molecule has 4 nitrogen and oxygen atoms in total. The number of benzene rings is 2. The monoisotopic (exact) mass is 260 g/mol. The van der Waals surface area contributed by atoms with Gasteiger partial charge in [0.2, 0.25) is 0 Å². The molecule has 0 bridgehead atoms. The molecule has 0 aliphatic carbocycles. The minimum Gasteiger partial charge on any atom is -0.258 e. The fourth-order valence-electron chi connectivity index (χ4n) is 1.39. The van der Waals surface area contributed by atoms with Crippen LogP contribution in [-0.2, 0) is 0 Å². The third kappa shape index (κ3) is 3.15. The first-order chi connectivity index (χ1) is 8.65. The van der Waals surface area contributed by atoms with E-state index < -0.39 is 4.92 Å². The Labute approximate surface area is 109 Å². The van der Waals surface area contributed by atoms with E-state index in [0.29, 0.717) is 10.6 Å². The molecule has 0 aliphatic rings. The van der Waals surface area contributed by atoms with Gasteiger partial charge in [-0.1, -0.05) is 23.7 Å². The second-order valence-corrected chi connectivity index (χ2v) is 4.02. The molecule has 0 amide bonds. The van der Waals surface area contributed by atoms with Crippen LogP contribution in [0.5, 0.6) is 0 Å². The molecule has 5 heteroatoms. The predicted octanol–water partition coefficient (Wildman–Crippen LogP) is 4.00. The van der Waals surface area contributed by atoms with E-state index in [1.165, 1.54) is 12.1 Å². The van der Waals surface area contributed by atoms with Crippen LogP contribution >= 0.6 is 11.6 Å². The summed E-state index contributed by atoms with van der Waals surface area (Å²) in [6.07, 6.45) is 1.58. The quantitative estimate of drug-likeness (QED) is 0.476. The summed E-state index contributed by atoms with van der Waals surface area (Å²) < 4.78 is 0. The summed E-state index contributed by atoms with van der Waals surface area (Å²) in [5.41, 5.74) is 1.47. The molecule has 0 unspecified atom stereocenters. The molecule has 0 aromatic heterocycles. The topological polar surface area (TPSA) is 55.5 Å². The summed E-state index contributed by atoms with van der Waals surface area (Å²) in [6.45, 7) is 0. The molecule has 2 aromatic carbocycles. The molecule has 0 spiro atoms. The largest absolute Gasteiger partial charge is 0.270 e.